The molecule has 1 aliphatic heterocycles. The van der Waals surface area contributed by atoms with Crippen LogP contribution in [0.4, 0.5) is 0 Å². The Morgan fingerprint density at radius 2 is 1.65 bits per heavy atom. The largest absolute Gasteiger partial charge is 0.508 e. The van der Waals surface area contributed by atoms with Crippen molar-refractivity contribution in [3.05, 3.63) is 78.0 Å². The molecule has 5 rings (SSSR count). The van der Waals surface area contributed by atoms with Gasteiger partial charge in [0.15, 0.2) is 0 Å². The van der Waals surface area contributed by atoms with E-state index in [9.17, 15) is 10.2 Å². The third-order valence-electron chi connectivity index (χ3n) is 6.97. The first-order chi connectivity index (χ1) is 17.9. The number of benzene rings is 3. The molecule has 7 nitrogen and oxygen atoms in total. The average Bonchev–Trinajstić information content (AvgIpc) is 3.34. The first-order valence-electron chi connectivity index (χ1n) is 12.8. The summed E-state index contributed by atoms with van der Waals surface area (Å²) in [6, 6.07) is 19.7. The van der Waals surface area contributed by atoms with Gasteiger partial charge >= 0.3 is 0 Å². The van der Waals surface area contributed by atoms with Crippen LogP contribution < -0.4 is 10.1 Å². The van der Waals surface area contributed by atoms with Crippen molar-refractivity contribution in [2.75, 3.05) is 33.3 Å². The van der Waals surface area contributed by atoms with E-state index in [1.54, 1.807) is 7.11 Å². The summed E-state index contributed by atoms with van der Waals surface area (Å²) < 4.78 is 7.41. The molecule has 1 fully saturated rings. The minimum absolute atomic E-state index is 0.00893. The summed E-state index contributed by atoms with van der Waals surface area (Å²) in [5.74, 6) is 1.56. The van der Waals surface area contributed by atoms with E-state index in [-0.39, 0.29) is 17.4 Å². The fourth-order valence-electron chi connectivity index (χ4n) is 4.88. The average molecular weight is 499 g/mol. The van der Waals surface area contributed by atoms with Crippen LogP contribution in [-0.4, -0.2) is 58.0 Å². The maximum atomic E-state index is 10.9. The molecule has 3 aromatic carbocycles. The van der Waals surface area contributed by atoms with Crippen LogP contribution in [0, 0.1) is 0 Å². The van der Waals surface area contributed by atoms with Gasteiger partial charge in [-0.2, -0.15) is 0 Å². The number of nitrogens with one attached hydrogen (secondary N) is 1. The van der Waals surface area contributed by atoms with Gasteiger partial charge in [-0.1, -0.05) is 26.0 Å². The Hall–Kier alpha value is -3.81. The van der Waals surface area contributed by atoms with Gasteiger partial charge in [0.2, 0.25) is 0 Å². The van der Waals surface area contributed by atoms with Crippen molar-refractivity contribution in [3.63, 3.8) is 0 Å². The molecule has 0 saturated carbocycles. The van der Waals surface area contributed by atoms with Crippen molar-refractivity contribution in [2.45, 2.75) is 26.3 Å². The summed E-state index contributed by atoms with van der Waals surface area (Å²) in [5, 5.41) is 24.7. The van der Waals surface area contributed by atoms with E-state index in [0.29, 0.717) is 11.4 Å². The lowest BCUT2D eigenvalue weighted by Gasteiger charge is -2.27. The normalized spacial score (nSPS) is 14.3. The third-order valence-corrected chi connectivity index (χ3v) is 6.97. The van der Waals surface area contributed by atoms with Crippen molar-refractivity contribution in [1.29, 1.82) is 0 Å². The smallest absolute Gasteiger partial charge is 0.148 e. The van der Waals surface area contributed by atoms with E-state index in [1.165, 1.54) is 11.6 Å². The van der Waals surface area contributed by atoms with Gasteiger partial charge < -0.3 is 20.3 Å². The number of phenolic OH excluding ortho intramolecular Hbond substituents is 2. The highest BCUT2D eigenvalue weighted by Gasteiger charge is 2.21. The number of nitrogens with zero attached hydrogens (tertiary/aromatic N) is 3. The Labute approximate surface area is 218 Å². The molecule has 0 bridgehead atoms. The van der Waals surface area contributed by atoms with Crippen LogP contribution in [0.25, 0.3) is 28.3 Å². The molecule has 37 heavy (non-hydrogen) atoms. The highest BCUT2D eigenvalue weighted by molar-refractivity contribution is 5.74. The second-order valence-corrected chi connectivity index (χ2v) is 9.81. The van der Waals surface area contributed by atoms with E-state index in [1.807, 2.05) is 50.4 Å². The first kappa shape index (κ1) is 24.9. The monoisotopic (exact) mass is 498 g/mol. The van der Waals surface area contributed by atoms with Gasteiger partial charge in [-0.15, -0.1) is 0 Å². The van der Waals surface area contributed by atoms with Crippen LogP contribution >= 0.6 is 0 Å². The zero-order valence-corrected chi connectivity index (χ0v) is 21.6. The SMILES string of the molecule is COc1ccc(-c2cnc(-c3cc(C(C)C)c(O)cc3O)n2-c2ccc(CN3CCNCC3)cc2)cc1. The molecule has 0 aliphatic carbocycles. The second kappa shape index (κ2) is 10.7. The molecule has 0 atom stereocenters. The zero-order valence-electron chi connectivity index (χ0n) is 21.6. The van der Waals surface area contributed by atoms with Gasteiger partial charge in [0.25, 0.3) is 0 Å². The molecule has 1 saturated heterocycles. The summed E-state index contributed by atoms with van der Waals surface area (Å²) in [5.41, 5.74) is 5.41. The number of rotatable bonds is 7. The van der Waals surface area contributed by atoms with Gasteiger partial charge in [-0.3, -0.25) is 9.47 Å². The molecule has 0 unspecified atom stereocenters. The number of piperazine rings is 1. The Morgan fingerprint density at radius 3 is 2.30 bits per heavy atom. The number of imidazole rings is 1. The number of hydrogen-bond acceptors (Lipinski definition) is 6. The van der Waals surface area contributed by atoms with Crippen molar-refractivity contribution < 1.29 is 14.9 Å². The quantitative estimate of drug-likeness (QED) is 0.327. The van der Waals surface area contributed by atoms with Crippen LogP contribution in [0.1, 0.15) is 30.9 Å². The molecule has 3 N–H and O–H groups in total. The lowest BCUT2D eigenvalue weighted by atomic mass is 9.98. The summed E-state index contributed by atoms with van der Waals surface area (Å²) in [6.45, 7) is 9.10. The predicted octanol–water partition coefficient (Wildman–Crippen LogP) is 5.15. The van der Waals surface area contributed by atoms with Crippen LogP contribution in [-0.2, 0) is 6.54 Å². The first-order valence-corrected chi connectivity index (χ1v) is 12.8. The molecule has 0 radical (unpaired) electrons. The zero-order chi connectivity index (χ0) is 25.9. The molecule has 2 heterocycles. The van der Waals surface area contributed by atoms with Gasteiger partial charge in [0, 0.05) is 50.0 Å². The summed E-state index contributed by atoms with van der Waals surface area (Å²) in [7, 11) is 1.65. The van der Waals surface area contributed by atoms with Crippen molar-refractivity contribution in [2.24, 2.45) is 0 Å². The lowest BCUT2D eigenvalue weighted by Crippen LogP contribution is -2.42. The van der Waals surface area contributed by atoms with E-state index in [2.05, 4.69) is 39.0 Å². The Kier molecular flexibility index (Phi) is 7.17. The standard InChI is InChI=1S/C30H34N4O3/c1-20(2)25-16-26(29(36)17-28(25)35)30-32-18-27(22-6-10-24(37-3)11-7-22)34(30)23-8-4-21(5-9-23)19-33-14-12-31-13-15-33/h4-11,16-18,20,31,35-36H,12-15,19H2,1-3H3. The minimum Gasteiger partial charge on any atom is -0.508 e. The van der Waals surface area contributed by atoms with Crippen LogP contribution in [0.2, 0.25) is 0 Å². The van der Waals surface area contributed by atoms with Crippen LogP contribution in [0.3, 0.4) is 0 Å². The molecule has 7 heteroatoms. The Balaban J connectivity index is 1.60. The number of aromatic nitrogens is 2. The topological polar surface area (TPSA) is 82.8 Å². The van der Waals surface area contributed by atoms with E-state index < -0.39 is 0 Å². The molecule has 0 spiro atoms. The van der Waals surface area contributed by atoms with Gasteiger partial charge in [0.05, 0.1) is 24.6 Å². The fourth-order valence-corrected chi connectivity index (χ4v) is 4.88. The predicted molar refractivity (Wildman–Crippen MR) is 147 cm³/mol. The molecule has 1 aromatic heterocycles. The molecule has 4 aromatic rings. The van der Waals surface area contributed by atoms with Gasteiger partial charge in [0.1, 0.15) is 23.1 Å². The summed E-state index contributed by atoms with van der Waals surface area (Å²) in [4.78, 5) is 7.22. The number of phenols is 2. The number of aromatic hydroxyl groups is 2. The van der Waals surface area contributed by atoms with Gasteiger partial charge in [-0.05, 0) is 59.5 Å². The number of hydrogen-bond donors (Lipinski definition) is 3. The lowest BCUT2D eigenvalue weighted by molar-refractivity contribution is 0.233. The highest BCUT2D eigenvalue weighted by Crippen LogP contribution is 2.40. The Bertz CT molecular complexity index is 1360. The maximum absolute atomic E-state index is 10.9. The molecule has 0 amide bonds. The van der Waals surface area contributed by atoms with Crippen molar-refractivity contribution >= 4 is 0 Å². The second-order valence-electron chi connectivity index (χ2n) is 9.81. The highest BCUT2D eigenvalue weighted by atomic mass is 16.5. The fraction of sp³-hybridized carbons (Fsp3) is 0.300. The number of ether oxygens (including phenoxy) is 1. The van der Waals surface area contributed by atoms with Crippen molar-refractivity contribution in [3.8, 4) is 45.6 Å². The molecule has 1 aliphatic rings. The van der Waals surface area contributed by atoms with Crippen molar-refractivity contribution in [1.82, 2.24) is 19.8 Å². The number of methoxy groups -OCH3 is 1. The van der Waals surface area contributed by atoms with E-state index in [4.69, 9.17) is 9.72 Å². The Morgan fingerprint density at radius 1 is 0.946 bits per heavy atom. The van der Waals surface area contributed by atoms with E-state index in [0.717, 1.165) is 61.0 Å². The van der Waals surface area contributed by atoms with Crippen LogP contribution in [0.15, 0.2) is 66.9 Å². The summed E-state index contributed by atoms with van der Waals surface area (Å²) >= 11 is 0. The van der Waals surface area contributed by atoms with E-state index >= 15 is 0 Å². The van der Waals surface area contributed by atoms with Gasteiger partial charge in [-0.25, -0.2) is 4.98 Å². The molecule has 192 valence electrons. The molecular weight excluding hydrogens is 464 g/mol. The van der Waals surface area contributed by atoms with Crippen LogP contribution in [0.5, 0.6) is 17.2 Å². The third kappa shape index (κ3) is 5.19. The minimum atomic E-state index is -0.00893. The molecular formula is C30H34N4O3. The maximum Gasteiger partial charge on any atom is 0.148 e. The summed E-state index contributed by atoms with van der Waals surface area (Å²) in [6.07, 6.45) is 1.83.